The van der Waals surface area contributed by atoms with Crippen molar-refractivity contribution in [2.45, 2.75) is 12.3 Å². The van der Waals surface area contributed by atoms with Crippen LogP contribution in [-0.2, 0) is 9.63 Å². The highest BCUT2D eigenvalue weighted by Gasteiger charge is 2.44. The Morgan fingerprint density at radius 1 is 1.25 bits per heavy atom. The second kappa shape index (κ2) is 5.23. The van der Waals surface area contributed by atoms with Gasteiger partial charge in [0.25, 0.3) is 0 Å². The zero-order valence-electron chi connectivity index (χ0n) is 9.79. The molecule has 0 atom stereocenters. The zero-order chi connectivity index (χ0) is 14.9. The second-order valence-corrected chi connectivity index (χ2v) is 4.04. The van der Waals surface area contributed by atoms with Gasteiger partial charge in [0.05, 0.1) is 13.1 Å². The number of hydroxylamine groups is 2. The van der Waals surface area contributed by atoms with Crippen LogP contribution in [0.1, 0.15) is 0 Å². The zero-order valence-corrected chi connectivity index (χ0v) is 9.79. The first-order valence-corrected chi connectivity index (χ1v) is 5.41. The van der Waals surface area contributed by atoms with Crippen LogP contribution >= 0.6 is 0 Å². The molecule has 0 N–H and O–H groups in total. The van der Waals surface area contributed by atoms with Crippen molar-refractivity contribution in [2.75, 3.05) is 13.1 Å². The predicted molar refractivity (Wildman–Crippen MR) is 54.5 cm³/mol. The fourth-order valence-corrected chi connectivity index (χ4v) is 1.47. The molecule has 1 fully saturated rings. The molecule has 0 amide bonds. The third-order valence-corrected chi connectivity index (χ3v) is 2.44. The molecule has 1 heterocycles. The molecule has 1 aliphatic rings. The summed E-state index contributed by atoms with van der Waals surface area (Å²) in [6.07, 6.45) is -5.77. The van der Waals surface area contributed by atoms with Gasteiger partial charge in [0.15, 0.2) is 11.6 Å². The molecule has 0 saturated carbocycles. The molecule has 0 radical (unpaired) electrons. The lowest BCUT2D eigenvalue weighted by Crippen LogP contribution is -2.55. The maximum Gasteiger partial charge on any atom is 0.492 e. The van der Waals surface area contributed by atoms with Crippen LogP contribution in [-0.4, -0.2) is 36.4 Å². The summed E-state index contributed by atoms with van der Waals surface area (Å²) in [4.78, 5) is 14.5. The molecule has 20 heavy (non-hydrogen) atoms. The summed E-state index contributed by atoms with van der Waals surface area (Å²) in [5, 5.41) is 0.720. The van der Waals surface area contributed by atoms with Gasteiger partial charge in [-0.1, -0.05) is 0 Å². The topological polar surface area (TPSA) is 38.8 Å². The fourth-order valence-electron chi connectivity index (χ4n) is 1.47. The van der Waals surface area contributed by atoms with E-state index in [0.29, 0.717) is 0 Å². The molecule has 0 bridgehead atoms. The summed E-state index contributed by atoms with van der Waals surface area (Å²) < 4.78 is 66.8. The van der Waals surface area contributed by atoms with E-state index in [-0.39, 0.29) is 18.8 Å². The SMILES string of the molecule is O=C(ON1CC(Oc2cc(F)ccc2F)C1)C(F)(F)F. The fraction of sp³-hybridized carbons (Fsp3) is 0.364. The van der Waals surface area contributed by atoms with Crippen molar-refractivity contribution in [1.29, 1.82) is 0 Å². The van der Waals surface area contributed by atoms with Gasteiger partial charge in [0, 0.05) is 6.07 Å². The van der Waals surface area contributed by atoms with Crippen molar-refractivity contribution < 1.29 is 36.3 Å². The van der Waals surface area contributed by atoms with E-state index in [1.54, 1.807) is 0 Å². The van der Waals surface area contributed by atoms with Crippen molar-refractivity contribution >= 4 is 5.97 Å². The Hall–Kier alpha value is -1.90. The average Bonchev–Trinajstić information content (AvgIpc) is 2.29. The van der Waals surface area contributed by atoms with Crippen LogP contribution in [0.2, 0.25) is 0 Å². The second-order valence-electron chi connectivity index (χ2n) is 4.04. The monoisotopic (exact) mass is 297 g/mol. The summed E-state index contributed by atoms with van der Waals surface area (Å²) >= 11 is 0. The molecule has 2 rings (SSSR count). The quantitative estimate of drug-likeness (QED) is 0.800. The van der Waals surface area contributed by atoms with E-state index in [4.69, 9.17) is 4.74 Å². The molecule has 0 spiro atoms. The van der Waals surface area contributed by atoms with E-state index in [9.17, 15) is 26.7 Å². The summed E-state index contributed by atoms with van der Waals surface area (Å²) in [6.45, 7) is -0.338. The van der Waals surface area contributed by atoms with Gasteiger partial charge in [-0.2, -0.15) is 13.2 Å². The summed E-state index contributed by atoms with van der Waals surface area (Å²) in [5.74, 6) is -4.19. The van der Waals surface area contributed by atoms with Gasteiger partial charge >= 0.3 is 12.1 Å². The minimum absolute atomic E-state index is 0.169. The minimum atomic E-state index is -5.08. The van der Waals surface area contributed by atoms with Gasteiger partial charge in [-0.3, -0.25) is 0 Å². The molecule has 0 unspecified atom stereocenters. The van der Waals surface area contributed by atoms with E-state index in [1.807, 2.05) is 0 Å². The summed E-state index contributed by atoms with van der Waals surface area (Å²) in [6, 6.07) is 2.59. The van der Waals surface area contributed by atoms with Crippen LogP contribution in [0.25, 0.3) is 0 Å². The highest BCUT2D eigenvalue weighted by atomic mass is 19.4. The molecule has 1 aliphatic heterocycles. The third-order valence-electron chi connectivity index (χ3n) is 2.44. The van der Waals surface area contributed by atoms with Crippen molar-refractivity contribution in [1.82, 2.24) is 5.06 Å². The van der Waals surface area contributed by atoms with Gasteiger partial charge in [-0.15, -0.1) is 5.06 Å². The van der Waals surface area contributed by atoms with Crippen molar-refractivity contribution in [3.05, 3.63) is 29.8 Å². The number of benzene rings is 1. The summed E-state index contributed by atoms with van der Waals surface area (Å²) in [5.41, 5.74) is 0. The van der Waals surface area contributed by atoms with Gasteiger partial charge in [-0.25, -0.2) is 13.6 Å². The van der Waals surface area contributed by atoms with E-state index in [1.165, 1.54) is 0 Å². The molecule has 1 aromatic carbocycles. The Labute approximate surface area is 109 Å². The molecular formula is C11H8F5NO3. The largest absolute Gasteiger partial charge is 0.492 e. The first kappa shape index (κ1) is 14.5. The number of halogens is 5. The number of carbonyl (C=O) groups excluding carboxylic acids is 1. The maximum absolute atomic E-state index is 13.2. The molecule has 110 valence electrons. The summed E-state index contributed by atoms with van der Waals surface area (Å²) in [7, 11) is 0. The van der Waals surface area contributed by atoms with Gasteiger partial charge in [0.2, 0.25) is 0 Å². The van der Waals surface area contributed by atoms with Gasteiger partial charge in [0.1, 0.15) is 11.9 Å². The number of nitrogens with zero attached hydrogens (tertiary/aromatic N) is 1. The van der Waals surface area contributed by atoms with Crippen LogP contribution in [0, 0.1) is 11.6 Å². The first-order chi connectivity index (χ1) is 9.25. The Bertz CT molecular complexity index is 513. The Kier molecular flexibility index (Phi) is 3.80. The minimum Gasteiger partial charge on any atom is -0.484 e. The van der Waals surface area contributed by atoms with Crippen LogP contribution in [0.4, 0.5) is 22.0 Å². The van der Waals surface area contributed by atoms with Crippen molar-refractivity contribution in [3.63, 3.8) is 0 Å². The van der Waals surface area contributed by atoms with Crippen LogP contribution in [0.3, 0.4) is 0 Å². The highest BCUT2D eigenvalue weighted by Crippen LogP contribution is 2.24. The normalized spacial score (nSPS) is 16.6. The highest BCUT2D eigenvalue weighted by molar-refractivity contribution is 5.75. The number of hydrogen-bond acceptors (Lipinski definition) is 4. The lowest BCUT2D eigenvalue weighted by atomic mass is 10.2. The maximum atomic E-state index is 13.2. The van der Waals surface area contributed by atoms with Crippen molar-refractivity contribution in [2.24, 2.45) is 0 Å². The van der Waals surface area contributed by atoms with Crippen LogP contribution in [0.15, 0.2) is 18.2 Å². The van der Waals surface area contributed by atoms with Gasteiger partial charge < -0.3 is 9.57 Å². The Balaban J connectivity index is 1.82. The van der Waals surface area contributed by atoms with E-state index in [2.05, 4.69) is 4.84 Å². The molecule has 9 heteroatoms. The smallest absolute Gasteiger partial charge is 0.484 e. The van der Waals surface area contributed by atoms with Crippen LogP contribution < -0.4 is 4.74 Å². The average molecular weight is 297 g/mol. The number of hydrogen-bond donors (Lipinski definition) is 0. The number of rotatable bonds is 3. The Morgan fingerprint density at radius 2 is 1.90 bits per heavy atom. The molecular weight excluding hydrogens is 289 g/mol. The number of carbonyl (C=O) groups is 1. The number of ether oxygens (including phenoxy) is 1. The number of alkyl halides is 3. The Morgan fingerprint density at radius 3 is 2.50 bits per heavy atom. The molecule has 0 aromatic heterocycles. The van der Waals surface area contributed by atoms with Gasteiger partial charge in [-0.05, 0) is 12.1 Å². The van der Waals surface area contributed by atoms with Crippen molar-refractivity contribution in [3.8, 4) is 5.75 Å². The third kappa shape index (κ3) is 3.35. The molecule has 0 aliphatic carbocycles. The first-order valence-electron chi connectivity index (χ1n) is 5.41. The molecule has 1 saturated heterocycles. The van der Waals surface area contributed by atoms with E-state index >= 15 is 0 Å². The lowest BCUT2D eigenvalue weighted by Gasteiger charge is -2.36. The lowest BCUT2D eigenvalue weighted by molar-refractivity contribution is -0.262. The van der Waals surface area contributed by atoms with Crippen LogP contribution in [0.5, 0.6) is 5.75 Å². The molecule has 1 aromatic rings. The predicted octanol–water partition coefficient (Wildman–Crippen LogP) is 2.05. The standard InChI is InChI=1S/C11H8F5NO3/c12-6-1-2-8(13)9(3-6)19-7-4-17(5-7)20-10(18)11(14,15)16/h1-3,7H,4-5H2. The van der Waals surface area contributed by atoms with E-state index < -0.39 is 29.9 Å². The van der Waals surface area contributed by atoms with E-state index in [0.717, 1.165) is 23.3 Å². The molecule has 4 nitrogen and oxygen atoms in total.